The molecule has 2 aromatic rings. The number of halogens is 1. The smallest absolute Gasteiger partial charge is 0.105 e. The molecule has 2 aromatic heterocycles. The van der Waals surface area contributed by atoms with Crippen molar-refractivity contribution < 1.29 is 4.42 Å². The SMILES string of the molecule is Cc1occc1C(Cc1cncc(Br)c1)NN. The highest BCUT2D eigenvalue weighted by Gasteiger charge is 2.15. The maximum atomic E-state index is 5.59. The van der Waals surface area contributed by atoms with E-state index in [9.17, 15) is 0 Å². The molecule has 5 heteroatoms. The summed E-state index contributed by atoms with van der Waals surface area (Å²) in [7, 11) is 0. The lowest BCUT2D eigenvalue weighted by atomic mass is 10.0. The average molecular weight is 296 g/mol. The van der Waals surface area contributed by atoms with Gasteiger partial charge in [0.25, 0.3) is 0 Å². The fourth-order valence-corrected chi connectivity index (χ4v) is 2.23. The van der Waals surface area contributed by atoms with Gasteiger partial charge in [-0.1, -0.05) is 0 Å². The van der Waals surface area contributed by atoms with Crippen LogP contribution in [0.4, 0.5) is 0 Å². The van der Waals surface area contributed by atoms with E-state index in [0.717, 1.165) is 27.8 Å². The van der Waals surface area contributed by atoms with Crippen molar-refractivity contribution in [2.75, 3.05) is 0 Å². The Kier molecular flexibility index (Phi) is 3.93. The Labute approximate surface area is 108 Å². The number of pyridine rings is 1. The predicted octanol–water partition coefficient (Wildman–Crippen LogP) is 2.49. The maximum Gasteiger partial charge on any atom is 0.105 e. The van der Waals surface area contributed by atoms with Crippen molar-refractivity contribution in [3.05, 3.63) is 52.1 Å². The van der Waals surface area contributed by atoms with Crippen LogP contribution in [0.1, 0.15) is 22.9 Å². The van der Waals surface area contributed by atoms with Crippen LogP contribution in [0, 0.1) is 6.92 Å². The van der Waals surface area contributed by atoms with E-state index in [0.29, 0.717) is 0 Å². The van der Waals surface area contributed by atoms with E-state index in [4.69, 9.17) is 10.3 Å². The molecule has 0 fully saturated rings. The topological polar surface area (TPSA) is 64.1 Å². The summed E-state index contributed by atoms with van der Waals surface area (Å²) in [4.78, 5) is 4.14. The minimum atomic E-state index is 0.0323. The molecule has 90 valence electrons. The van der Waals surface area contributed by atoms with Crippen molar-refractivity contribution in [3.63, 3.8) is 0 Å². The normalized spacial score (nSPS) is 12.6. The Balaban J connectivity index is 2.19. The largest absolute Gasteiger partial charge is 0.469 e. The molecule has 1 unspecified atom stereocenters. The van der Waals surface area contributed by atoms with Gasteiger partial charge in [0.05, 0.1) is 12.3 Å². The molecule has 3 N–H and O–H groups in total. The van der Waals surface area contributed by atoms with Gasteiger partial charge in [-0.25, -0.2) is 0 Å². The van der Waals surface area contributed by atoms with Gasteiger partial charge in [0, 0.05) is 22.4 Å². The Hall–Kier alpha value is -1.17. The number of furan rings is 1. The van der Waals surface area contributed by atoms with E-state index in [1.807, 2.05) is 25.3 Å². The Morgan fingerprint density at radius 1 is 1.53 bits per heavy atom. The Morgan fingerprint density at radius 3 is 2.94 bits per heavy atom. The van der Waals surface area contributed by atoms with Gasteiger partial charge in [0.15, 0.2) is 0 Å². The third kappa shape index (κ3) is 2.94. The molecular formula is C12H14BrN3O. The van der Waals surface area contributed by atoms with E-state index in [2.05, 4.69) is 26.3 Å². The van der Waals surface area contributed by atoms with E-state index in [-0.39, 0.29) is 6.04 Å². The molecule has 0 bridgehead atoms. The third-order valence-electron chi connectivity index (χ3n) is 2.68. The van der Waals surface area contributed by atoms with Crippen LogP contribution in [-0.2, 0) is 6.42 Å². The third-order valence-corrected chi connectivity index (χ3v) is 3.11. The lowest BCUT2D eigenvalue weighted by Gasteiger charge is -2.15. The summed E-state index contributed by atoms with van der Waals surface area (Å²) >= 11 is 3.40. The van der Waals surface area contributed by atoms with Gasteiger partial charge in [-0.15, -0.1) is 0 Å². The van der Waals surface area contributed by atoms with Gasteiger partial charge in [-0.05, 0) is 47.0 Å². The molecule has 0 aliphatic heterocycles. The second kappa shape index (κ2) is 5.44. The van der Waals surface area contributed by atoms with Crippen molar-refractivity contribution >= 4 is 15.9 Å². The van der Waals surface area contributed by atoms with E-state index in [1.54, 1.807) is 12.5 Å². The fraction of sp³-hybridized carbons (Fsp3) is 0.250. The number of rotatable bonds is 4. The summed E-state index contributed by atoms with van der Waals surface area (Å²) in [5.74, 6) is 6.48. The number of nitrogens with two attached hydrogens (primary N) is 1. The number of aryl methyl sites for hydroxylation is 1. The first kappa shape index (κ1) is 12.3. The fourth-order valence-electron chi connectivity index (χ4n) is 1.82. The molecule has 0 amide bonds. The lowest BCUT2D eigenvalue weighted by molar-refractivity contribution is 0.501. The highest BCUT2D eigenvalue weighted by molar-refractivity contribution is 9.10. The minimum Gasteiger partial charge on any atom is -0.469 e. The highest BCUT2D eigenvalue weighted by atomic mass is 79.9. The standard InChI is InChI=1S/C12H14BrN3O/c1-8-11(2-3-17-8)12(16-14)5-9-4-10(13)7-15-6-9/h2-4,6-7,12,16H,5,14H2,1H3. The van der Waals surface area contributed by atoms with E-state index >= 15 is 0 Å². The molecule has 0 aliphatic rings. The summed E-state index contributed by atoms with van der Waals surface area (Å²) in [5.41, 5.74) is 5.00. The molecule has 0 saturated heterocycles. The molecule has 2 heterocycles. The van der Waals surface area contributed by atoms with Crippen LogP contribution in [0.25, 0.3) is 0 Å². The second-order valence-corrected chi connectivity index (χ2v) is 4.78. The summed E-state index contributed by atoms with van der Waals surface area (Å²) < 4.78 is 6.26. The van der Waals surface area contributed by atoms with Crippen molar-refractivity contribution in [3.8, 4) is 0 Å². The molecule has 0 saturated carbocycles. The first-order chi connectivity index (χ1) is 8.20. The van der Waals surface area contributed by atoms with Gasteiger partial charge in [0.2, 0.25) is 0 Å². The Morgan fingerprint density at radius 2 is 2.35 bits per heavy atom. The number of hydrazine groups is 1. The summed E-state index contributed by atoms with van der Waals surface area (Å²) in [6.07, 6.45) is 6.04. The zero-order valence-electron chi connectivity index (χ0n) is 9.48. The molecular weight excluding hydrogens is 282 g/mol. The predicted molar refractivity (Wildman–Crippen MR) is 69.2 cm³/mol. The van der Waals surface area contributed by atoms with Crippen LogP contribution in [0.3, 0.4) is 0 Å². The minimum absolute atomic E-state index is 0.0323. The van der Waals surface area contributed by atoms with Crippen molar-refractivity contribution in [1.82, 2.24) is 10.4 Å². The summed E-state index contributed by atoms with van der Waals surface area (Å²) in [6, 6.07) is 4.00. The van der Waals surface area contributed by atoms with Gasteiger partial charge in [-0.3, -0.25) is 16.3 Å². The summed E-state index contributed by atoms with van der Waals surface area (Å²) in [6.45, 7) is 1.93. The average Bonchev–Trinajstić information content (AvgIpc) is 2.72. The molecule has 0 radical (unpaired) electrons. The zero-order chi connectivity index (χ0) is 12.3. The molecule has 0 aliphatic carbocycles. The van der Waals surface area contributed by atoms with Crippen LogP contribution < -0.4 is 11.3 Å². The maximum absolute atomic E-state index is 5.59. The van der Waals surface area contributed by atoms with Gasteiger partial charge in [-0.2, -0.15) is 0 Å². The monoisotopic (exact) mass is 295 g/mol. The molecule has 1 atom stereocenters. The quantitative estimate of drug-likeness (QED) is 0.672. The summed E-state index contributed by atoms with van der Waals surface area (Å²) in [5, 5.41) is 0. The van der Waals surface area contributed by atoms with E-state index < -0.39 is 0 Å². The Bertz CT molecular complexity index is 498. The van der Waals surface area contributed by atoms with Crippen LogP contribution >= 0.6 is 15.9 Å². The molecule has 0 aromatic carbocycles. The number of hydrogen-bond donors (Lipinski definition) is 2. The van der Waals surface area contributed by atoms with Crippen LogP contribution in [0.2, 0.25) is 0 Å². The van der Waals surface area contributed by atoms with Crippen molar-refractivity contribution in [2.45, 2.75) is 19.4 Å². The molecule has 0 spiro atoms. The van der Waals surface area contributed by atoms with Crippen LogP contribution in [-0.4, -0.2) is 4.98 Å². The second-order valence-electron chi connectivity index (χ2n) is 3.87. The van der Waals surface area contributed by atoms with Gasteiger partial charge in [0.1, 0.15) is 5.76 Å². The molecule has 2 rings (SSSR count). The highest BCUT2D eigenvalue weighted by Crippen LogP contribution is 2.22. The number of aromatic nitrogens is 1. The van der Waals surface area contributed by atoms with Crippen molar-refractivity contribution in [1.29, 1.82) is 0 Å². The lowest BCUT2D eigenvalue weighted by Crippen LogP contribution is -2.29. The number of nitrogens with zero attached hydrogens (tertiary/aromatic N) is 1. The van der Waals surface area contributed by atoms with Gasteiger partial charge >= 0.3 is 0 Å². The van der Waals surface area contributed by atoms with Crippen LogP contribution in [0.5, 0.6) is 0 Å². The first-order valence-corrected chi connectivity index (χ1v) is 6.09. The first-order valence-electron chi connectivity index (χ1n) is 5.30. The van der Waals surface area contributed by atoms with E-state index in [1.165, 1.54) is 0 Å². The number of hydrogen-bond acceptors (Lipinski definition) is 4. The molecule has 4 nitrogen and oxygen atoms in total. The molecule has 17 heavy (non-hydrogen) atoms. The van der Waals surface area contributed by atoms with Crippen LogP contribution in [0.15, 0.2) is 39.7 Å². The van der Waals surface area contributed by atoms with Gasteiger partial charge < -0.3 is 4.42 Å². The van der Waals surface area contributed by atoms with Crippen molar-refractivity contribution in [2.24, 2.45) is 5.84 Å². The zero-order valence-corrected chi connectivity index (χ0v) is 11.1. The number of nitrogens with one attached hydrogen (secondary N) is 1.